The van der Waals surface area contributed by atoms with Crippen molar-refractivity contribution in [3.63, 3.8) is 0 Å². The molecule has 0 amide bonds. The molecule has 0 saturated carbocycles. The lowest BCUT2D eigenvalue weighted by atomic mass is 10.0. The fourth-order valence-corrected chi connectivity index (χ4v) is 3.26. The van der Waals surface area contributed by atoms with E-state index in [9.17, 15) is 0 Å². The molecule has 1 unspecified atom stereocenters. The first-order chi connectivity index (χ1) is 8.12. The summed E-state index contributed by atoms with van der Waals surface area (Å²) in [6.45, 7) is 0. The van der Waals surface area contributed by atoms with Gasteiger partial charge < -0.3 is 0 Å². The third kappa shape index (κ3) is 3.01. The summed E-state index contributed by atoms with van der Waals surface area (Å²) in [7, 11) is 0. The molecule has 0 fully saturated rings. The molecule has 0 aromatic heterocycles. The van der Waals surface area contributed by atoms with Crippen molar-refractivity contribution in [1.82, 2.24) is 0 Å². The van der Waals surface area contributed by atoms with E-state index >= 15 is 0 Å². The van der Waals surface area contributed by atoms with Crippen LogP contribution in [0, 0.1) is 0 Å². The summed E-state index contributed by atoms with van der Waals surface area (Å²) >= 11 is 11.3. The maximum Gasteiger partial charge on any atom is 0.122 e. The molecular weight excluding hydrogens is 408 g/mol. The number of hydrogen-bond acceptors (Lipinski definition) is 0. The van der Waals surface area contributed by atoms with Gasteiger partial charge in [-0.05, 0) is 11.1 Å². The zero-order chi connectivity index (χ0) is 12.3. The van der Waals surface area contributed by atoms with E-state index in [1.54, 1.807) is 0 Å². The quantitative estimate of drug-likeness (QED) is 0.555. The summed E-state index contributed by atoms with van der Waals surface area (Å²) in [6, 6.07) is 20.6. The highest BCUT2D eigenvalue weighted by molar-refractivity contribution is 9.25. The van der Waals surface area contributed by atoms with E-state index in [1.165, 1.54) is 11.1 Å². The zero-order valence-corrected chi connectivity index (χ0v) is 13.7. The Hall–Kier alpha value is -0.120. The van der Waals surface area contributed by atoms with Crippen LogP contribution in [-0.4, -0.2) is 0 Å². The van der Waals surface area contributed by atoms with Gasteiger partial charge in [-0.25, -0.2) is 0 Å². The standard InChI is InChI=1S/C14H11Br3/c15-13(11-7-3-1-4-8-11)14(16,17)12-9-5-2-6-10-12/h1-10,13H. The normalized spacial score (nSPS) is 13.4. The van der Waals surface area contributed by atoms with Crippen molar-refractivity contribution in [2.75, 3.05) is 0 Å². The number of alkyl halides is 3. The van der Waals surface area contributed by atoms with Gasteiger partial charge in [-0.15, -0.1) is 0 Å². The van der Waals surface area contributed by atoms with Crippen LogP contribution in [0.3, 0.4) is 0 Å². The molecule has 0 spiro atoms. The SMILES string of the molecule is BrC(c1ccccc1)C(Br)(Br)c1ccccc1. The molecule has 0 aliphatic rings. The van der Waals surface area contributed by atoms with Gasteiger partial charge in [0.05, 0.1) is 4.83 Å². The van der Waals surface area contributed by atoms with E-state index in [4.69, 9.17) is 0 Å². The lowest BCUT2D eigenvalue weighted by Gasteiger charge is -2.27. The van der Waals surface area contributed by atoms with Crippen molar-refractivity contribution in [3.8, 4) is 0 Å². The first-order valence-corrected chi connectivity index (χ1v) is 7.75. The Morgan fingerprint density at radius 1 is 0.765 bits per heavy atom. The Morgan fingerprint density at radius 3 is 1.76 bits per heavy atom. The molecule has 3 heteroatoms. The van der Waals surface area contributed by atoms with Gasteiger partial charge >= 0.3 is 0 Å². The highest BCUT2D eigenvalue weighted by Crippen LogP contribution is 2.52. The summed E-state index contributed by atoms with van der Waals surface area (Å²) in [5.74, 6) is 0. The number of hydrogen-bond donors (Lipinski definition) is 0. The second-order valence-corrected chi connectivity index (χ2v) is 8.24. The first kappa shape index (κ1) is 13.3. The molecular formula is C14H11Br3. The number of halogens is 3. The Bertz CT molecular complexity index is 465. The largest absolute Gasteiger partial charge is 0.122 e. The highest BCUT2D eigenvalue weighted by atomic mass is 79.9. The second kappa shape index (κ2) is 5.68. The fraction of sp³-hybridized carbons (Fsp3) is 0.143. The van der Waals surface area contributed by atoms with Gasteiger partial charge in [0, 0.05) is 0 Å². The molecule has 2 aromatic rings. The lowest BCUT2D eigenvalue weighted by Crippen LogP contribution is -2.15. The summed E-state index contributed by atoms with van der Waals surface area (Å²) in [4.78, 5) is 0.151. The van der Waals surface area contributed by atoms with Crippen LogP contribution in [0.4, 0.5) is 0 Å². The van der Waals surface area contributed by atoms with Crippen molar-refractivity contribution in [2.45, 2.75) is 8.06 Å². The maximum absolute atomic E-state index is 3.76. The molecule has 0 nitrogen and oxygen atoms in total. The molecule has 1 atom stereocenters. The van der Waals surface area contributed by atoms with Crippen LogP contribution in [0.25, 0.3) is 0 Å². The van der Waals surface area contributed by atoms with E-state index < -0.39 is 0 Å². The van der Waals surface area contributed by atoms with E-state index in [0.717, 1.165) is 0 Å². The predicted octanol–water partition coefficient (Wildman–Crippen LogP) is 5.77. The summed E-state index contributed by atoms with van der Waals surface area (Å²) in [5.41, 5.74) is 2.41. The van der Waals surface area contributed by atoms with Gasteiger partial charge in [0.25, 0.3) is 0 Å². The van der Waals surface area contributed by atoms with Crippen molar-refractivity contribution < 1.29 is 0 Å². The molecule has 17 heavy (non-hydrogen) atoms. The number of rotatable bonds is 3. The average molecular weight is 419 g/mol. The molecule has 0 heterocycles. The molecule has 2 aromatic carbocycles. The van der Waals surface area contributed by atoms with Crippen LogP contribution in [0.1, 0.15) is 16.0 Å². The summed E-state index contributed by atoms with van der Waals surface area (Å²) < 4.78 is -0.303. The van der Waals surface area contributed by atoms with Crippen molar-refractivity contribution in [2.24, 2.45) is 0 Å². The Kier molecular flexibility index (Phi) is 4.45. The monoisotopic (exact) mass is 416 g/mol. The average Bonchev–Trinajstić information content (AvgIpc) is 2.40. The van der Waals surface area contributed by atoms with E-state index in [-0.39, 0.29) is 8.06 Å². The summed E-state index contributed by atoms with van der Waals surface area (Å²) in [5, 5.41) is 0. The van der Waals surface area contributed by atoms with E-state index in [1.807, 2.05) is 36.4 Å². The maximum atomic E-state index is 3.76. The van der Waals surface area contributed by atoms with Gasteiger partial charge in [0.15, 0.2) is 0 Å². The minimum atomic E-state index is -0.303. The second-order valence-electron chi connectivity index (χ2n) is 3.76. The first-order valence-electron chi connectivity index (χ1n) is 5.24. The predicted molar refractivity (Wildman–Crippen MR) is 84.1 cm³/mol. The molecule has 0 bridgehead atoms. The van der Waals surface area contributed by atoms with Crippen LogP contribution in [0.2, 0.25) is 0 Å². The van der Waals surface area contributed by atoms with Gasteiger partial charge in [-0.2, -0.15) is 0 Å². The van der Waals surface area contributed by atoms with Crippen LogP contribution >= 0.6 is 47.8 Å². The molecule has 2 rings (SSSR count). The highest BCUT2D eigenvalue weighted by Gasteiger charge is 2.34. The smallest absolute Gasteiger partial charge is 0.0810 e. The molecule has 0 saturated heterocycles. The topological polar surface area (TPSA) is 0 Å². The van der Waals surface area contributed by atoms with Crippen molar-refractivity contribution >= 4 is 47.8 Å². The van der Waals surface area contributed by atoms with Crippen LogP contribution < -0.4 is 0 Å². The Balaban J connectivity index is 2.33. The minimum Gasteiger partial charge on any atom is -0.0810 e. The number of benzene rings is 2. The van der Waals surface area contributed by atoms with Crippen molar-refractivity contribution in [1.29, 1.82) is 0 Å². The van der Waals surface area contributed by atoms with Gasteiger partial charge in [0.1, 0.15) is 3.23 Å². The van der Waals surface area contributed by atoms with Gasteiger partial charge in [-0.1, -0.05) is 108 Å². The molecule has 0 N–H and O–H groups in total. The third-order valence-corrected chi connectivity index (χ3v) is 6.84. The molecule has 0 radical (unpaired) electrons. The molecule has 0 aliphatic heterocycles. The zero-order valence-electron chi connectivity index (χ0n) is 8.98. The minimum absolute atomic E-state index is 0.151. The van der Waals surface area contributed by atoms with E-state index in [0.29, 0.717) is 0 Å². The van der Waals surface area contributed by atoms with Gasteiger partial charge in [-0.3, -0.25) is 0 Å². The third-order valence-electron chi connectivity index (χ3n) is 2.57. The van der Waals surface area contributed by atoms with Crippen molar-refractivity contribution in [3.05, 3.63) is 71.8 Å². The lowest BCUT2D eigenvalue weighted by molar-refractivity contribution is 0.889. The Labute approximate surface area is 127 Å². The Morgan fingerprint density at radius 2 is 1.24 bits per heavy atom. The summed E-state index contributed by atoms with van der Waals surface area (Å²) in [6.07, 6.45) is 0. The fourth-order valence-electron chi connectivity index (χ4n) is 1.64. The van der Waals surface area contributed by atoms with Crippen LogP contribution in [0.15, 0.2) is 60.7 Å². The molecule has 0 aliphatic carbocycles. The van der Waals surface area contributed by atoms with E-state index in [2.05, 4.69) is 72.1 Å². The molecule has 88 valence electrons. The van der Waals surface area contributed by atoms with Crippen LogP contribution in [0.5, 0.6) is 0 Å². The van der Waals surface area contributed by atoms with Gasteiger partial charge in [0.2, 0.25) is 0 Å². The van der Waals surface area contributed by atoms with Crippen LogP contribution in [-0.2, 0) is 3.23 Å².